The van der Waals surface area contributed by atoms with Crippen LogP contribution in [0.4, 0.5) is 8.78 Å². The largest absolute Gasteiger partial charge is 0.478 e. The Balaban J connectivity index is 3.35. The van der Waals surface area contributed by atoms with Gasteiger partial charge in [-0.25, -0.2) is 18.6 Å². The number of carbonyl (C=O) groups is 1. The molecule has 0 aliphatic rings. The standard InChI is InChI=1S/C8H5Br2F2NO2/c9-2-5-3(8(14)15)1-4(10)6(13-5)7(11)12/h1,7H,2H2,(H,14,15). The summed E-state index contributed by atoms with van der Waals surface area (Å²) in [4.78, 5) is 14.3. The number of aromatic nitrogens is 1. The third kappa shape index (κ3) is 2.72. The molecule has 3 nitrogen and oxygen atoms in total. The Morgan fingerprint density at radius 2 is 2.20 bits per heavy atom. The summed E-state index contributed by atoms with van der Waals surface area (Å²) in [5.41, 5.74) is -0.460. The molecule has 0 amide bonds. The summed E-state index contributed by atoms with van der Waals surface area (Å²) in [7, 11) is 0. The van der Waals surface area contributed by atoms with Gasteiger partial charge in [0.1, 0.15) is 5.69 Å². The van der Waals surface area contributed by atoms with Crippen LogP contribution in [-0.2, 0) is 5.33 Å². The Labute approximate surface area is 101 Å². The molecule has 7 heteroatoms. The normalized spacial score (nSPS) is 10.7. The van der Waals surface area contributed by atoms with Crippen molar-refractivity contribution >= 4 is 37.8 Å². The summed E-state index contributed by atoms with van der Waals surface area (Å²) in [5.74, 6) is -1.20. The molecule has 1 rings (SSSR count). The first kappa shape index (κ1) is 12.5. The first-order valence-corrected chi connectivity index (χ1v) is 5.65. The van der Waals surface area contributed by atoms with Crippen molar-refractivity contribution in [3.05, 3.63) is 27.5 Å². The van der Waals surface area contributed by atoms with Crippen LogP contribution in [0.3, 0.4) is 0 Å². The lowest BCUT2D eigenvalue weighted by Crippen LogP contribution is -2.06. The number of halogens is 4. The minimum atomic E-state index is -2.74. The Hall–Kier alpha value is -0.560. The predicted octanol–water partition coefficient (Wildman–Crippen LogP) is 3.37. The van der Waals surface area contributed by atoms with Crippen LogP contribution in [0.25, 0.3) is 0 Å². The molecule has 1 heterocycles. The van der Waals surface area contributed by atoms with E-state index in [-0.39, 0.29) is 21.1 Å². The number of alkyl halides is 3. The summed E-state index contributed by atoms with van der Waals surface area (Å²) in [6.07, 6.45) is -2.74. The SMILES string of the molecule is O=C(O)c1cc(Br)c(C(F)F)nc1CBr. The molecule has 0 saturated carbocycles. The van der Waals surface area contributed by atoms with Crippen molar-refractivity contribution in [2.24, 2.45) is 0 Å². The van der Waals surface area contributed by atoms with Crippen LogP contribution in [0.1, 0.15) is 28.2 Å². The maximum atomic E-state index is 12.4. The van der Waals surface area contributed by atoms with E-state index in [4.69, 9.17) is 5.11 Å². The van der Waals surface area contributed by atoms with Crippen molar-refractivity contribution in [1.29, 1.82) is 0 Å². The molecule has 82 valence electrons. The third-order valence-electron chi connectivity index (χ3n) is 1.65. The van der Waals surface area contributed by atoms with E-state index in [2.05, 4.69) is 36.8 Å². The number of carboxylic acids is 1. The fraction of sp³-hybridized carbons (Fsp3) is 0.250. The van der Waals surface area contributed by atoms with Crippen molar-refractivity contribution in [1.82, 2.24) is 4.98 Å². The summed E-state index contributed by atoms with van der Waals surface area (Å²) in [5, 5.41) is 8.89. The molecule has 0 fully saturated rings. The van der Waals surface area contributed by atoms with E-state index in [0.29, 0.717) is 0 Å². The van der Waals surface area contributed by atoms with E-state index >= 15 is 0 Å². The van der Waals surface area contributed by atoms with Crippen LogP contribution in [-0.4, -0.2) is 16.1 Å². The molecular formula is C8H5Br2F2NO2. The maximum Gasteiger partial charge on any atom is 0.337 e. The fourth-order valence-corrected chi connectivity index (χ4v) is 1.90. The van der Waals surface area contributed by atoms with Gasteiger partial charge >= 0.3 is 5.97 Å². The first-order valence-electron chi connectivity index (χ1n) is 3.74. The molecule has 1 N–H and O–H groups in total. The number of nitrogens with zero attached hydrogens (tertiary/aromatic N) is 1. The number of aromatic carboxylic acids is 1. The van der Waals surface area contributed by atoms with Crippen molar-refractivity contribution < 1.29 is 18.7 Å². The van der Waals surface area contributed by atoms with Crippen LogP contribution in [0, 0.1) is 0 Å². The second-order valence-electron chi connectivity index (χ2n) is 2.59. The van der Waals surface area contributed by atoms with Gasteiger partial charge < -0.3 is 5.11 Å². The average Bonchev–Trinajstić information content (AvgIpc) is 2.16. The molecule has 0 aliphatic heterocycles. The molecule has 1 aromatic heterocycles. The van der Waals surface area contributed by atoms with Crippen molar-refractivity contribution in [3.63, 3.8) is 0 Å². The summed E-state index contributed by atoms with van der Waals surface area (Å²) in [6.45, 7) is 0. The van der Waals surface area contributed by atoms with Crippen LogP contribution in [0.15, 0.2) is 10.5 Å². The smallest absolute Gasteiger partial charge is 0.337 e. The van der Waals surface area contributed by atoms with E-state index in [0.717, 1.165) is 6.07 Å². The summed E-state index contributed by atoms with van der Waals surface area (Å²) in [6, 6.07) is 1.13. The molecule has 1 aromatic rings. The molecular weight excluding hydrogens is 340 g/mol. The average molecular weight is 345 g/mol. The predicted molar refractivity (Wildman–Crippen MR) is 56.5 cm³/mol. The van der Waals surface area contributed by atoms with Crippen molar-refractivity contribution in [3.8, 4) is 0 Å². The summed E-state index contributed by atoms with van der Waals surface area (Å²) >= 11 is 5.86. The number of pyridine rings is 1. The van der Waals surface area contributed by atoms with Gasteiger partial charge in [-0.15, -0.1) is 0 Å². The van der Waals surface area contributed by atoms with Gasteiger partial charge in [-0.2, -0.15) is 0 Å². The lowest BCUT2D eigenvalue weighted by molar-refractivity contribution is 0.0694. The second-order valence-corrected chi connectivity index (χ2v) is 4.00. The number of hydrogen-bond acceptors (Lipinski definition) is 2. The zero-order valence-electron chi connectivity index (χ0n) is 7.18. The number of hydrogen-bond donors (Lipinski definition) is 1. The van der Waals surface area contributed by atoms with Crippen LogP contribution >= 0.6 is 31.9 Å². The number of rotatable bonds is 3. The van der Waals surface area contributed by atoms with Crippen molar-refractivity contribution in [2.75, 3.05) is 0 Å². The Kier molecular flexibility index (Phi) is 4.15. The Bertz CT molecular complexity index is 398. The van der Waals surface area contributed by atoms with Crippen molar-refractivity contribution in [2.45, 2.75) is 11.8 Å². The molecule has 0 atom stereocenters. The van der Waals surface area contributed by atoms with Gasteiger partial charge in [0.2, 0.25) is 0 Å². The van der Waals surface area contributed by atoms with Gasteiger partial charge in [0, 0.05) is 9.80 Å². The molecule has 0 bridgehead atoms. The van der Waals surface area contributed by atoms with Crippen LogP contribution < -0.4 is 0 Å². The van der Waals surface area contributed by atoms with Gasteiger partial charge in [-0.05, 0) is 22.0 Å². The first-order chi connectivity index (χ1) is 6.97. The Morgan fingerprint density at radius 1 is 1.60 bits per heavy atom. The molecule has 0 unspecified atom stereocenters. The topological polar surface area (TPSA) is 50.2 Å². The third-order valence-corrected chi connectivity index (χ3v) is 2.81. The van der Waals surface area contributed by atoms with E-state index < -0.39 is 18.1 Å². The molecule has 0 spiro atoms. The van der Waals surface area contributed by atoms with Crippen LogP contribution in [0.2, 0.25) is 0 Å². The molecule has 15 heavy (non-hydrogen) atoms. The minimum Gasteiger partial charge on any atom is -0.478 e. The highest BCUT2D eigenvalue weighted by atomic mass is 79.9. The van der Waals surface area contributed by atoms with E-state index in [1.54, 1.807) is 0 Å². The minimum absolute atomic E-state index is 0.000370. The lowest BCUT2D eigenvalue weighted by Gasteiger charge is -2.07. The maximum absolute atomic E-state index is 12.4. The number of carboxylic acid groups (broad SMARTS) is 1. The fourth-order valence-electron chi connectivity index (χ4n) is 0.983. The Morgan fingerprint density at radius 3 is 2.60 bits per heavy atom. The molecule has 0 radical (unpaired) electrons. The lowest BCUT2D eigenvalue weighted by atomic mass is 10.2. The van der Waals surface area contributed by atoms with E-state index in [1.807, 2.05) is 0 Å². The summed E-state index contributed by atoms with van der Waals surface area (Å²) < 4.78 is 24.8. The van der Waals surface area contributed by atoms with E-state index in [1.165, 1.54) is 0 Å². The quantitative estimate of drug-likeness (QED) is 0.855. The highest BCUT2D eigenvalue weighted by molar-refractivity contribution is 9.10. The molecule has 0 saturated heterocycles. The highest BCUT2D eigenvalue weighted by Gasteiger charge is 2.19. The van der Waals surface area contributed by atoms with Crippen LogP contribution in [0.5, 0.6) is 0 Å². The van der Waals surface area contributed by atoms with E-state index in [9.17, 15) is 13.6 Å². The van der Waals surface area contributed by atoms with Gasteiger partial charge in [-0.3, -0.25) is 0 Å². The van der Waals surface area contributed by atoms with Gasteiger partial charge in [0.15, 0.2) is 0 Å². The highest BCUT2D eigenvalue weighted by Crippen LogP contribution is 2.28. The second kappa shape index (κ2) is 4.98. The van der Waals surface area contributed by atoms with Gasteiger partial charge in [0.25, 0.3) is 6.43 Å². The van der Waals surface area contributed by atoms with Gasteiger partial charge in [-0.1, -0.05) is 15.9 Å². The molecule has 0 aliphatic carbocycles. The zero-order valence-corrected chi connectivity index (χ0v) is 10.3. The monoisotopic (exact) mass is 343 g/mol. The van der Waals surface area contributed by atoms with Gasteiger partial charge in [0.05, 0.1) is 11.3 Å². The zero-order chi connectivity index (χ0) is 11.6. The molecule has 0 aromatic carbocycles.